The van der Waals surface area contributed by atoms with Gasteiger partial charge in [0.15, 0.2) is 11.5 Å². The van der Waals surface area contributed by atoms with Gasteiger partial charge in [-0.25, -0.2) is 4.98 Å². The fourth-order valence-electron chi connectivity index (χ4n) is 2.42. The Hall–Kier alpha value is -2.33. The maximum Gasteiger partial charge on any atom is 0.271 e. The molecular weight excluding hydrogens is 330 g/mol. The van der Waals surface area contributed by atoms with E-state index in [0.29, 0.717) is 0 Å². The third-order valence-corrected chi connectivity index (χ3v) is 4.54. The van der Waals surface area contributed by atoms with Gasteiger partial charge in [-0.15, -0.1) is 10.2 Å². The molecule has 9 nitrogen and oxygen atoms in total. The lowest BCUT2D eigenvalue weighted by Gasteiger charge is -2.34. The number of aliphatic hydroxyl groups excluding tert-OH is 1. The second kappa shape index (κ2) is 7.49. The van der Waals surface area contributed by atoms with E-state index in [9.17, 15) is 4.79 Å². The Kier molecular flexibility index (Phi) is 5.16. The molecule has 1 fully saturated rings. The van der Waals surface area contributed by atoms with Crippen molar-refractivity contribution in [3.8, 4) is 0 Å². The van der Waals surface area contributed by atoms with Crippen LogP contribution in [0.1, 0.15) is 16.3 Å². The van der Waals surface area contributed by atoms with Crippen LogP contribution in [0.15, 0.2) is 12.1 Å². The molecular formula is C14H19N7O2S. The lowest BCUT2D eigenvalue weighted by atomic mass is 10.3. The van der Waals surface area contributed by atoms with Crippen LogP contribution in [0.3, 0.4) is 0 Å². The van der Waals surface area contributed by atoms with Crippen LogP contribution in [0.25, 0.3) is 0 Å². The Morgan fingerprint density at radius 3 is 2.58 bits per heavy atom. The molecule has 128 valence electrons. The number of piperazine rings is 1. The number of anilines is 2. The summed E-state index contributed by atoms with van der Waals surface area (Å²) in [6, 6.07) is 3.45. The number of amides is 1. The van der Waals surface area contributed by atoms with Crippen molar-refractivity contribution in [1.29, 1.82) is 0 Å². The number of hydrogen-bond acceptors (Lipinski definition) is 9. The number of carbonyl (C=O) groups is 1. The summed E-state index contributed by atoms with van der Waals surface area (Å²) >= 11 is 1.42. The van der Waals surface area contributed by atoms with Gasteiger partial charge in [0.1, 0.15) is 5.82 Å². The van der Waals surface area contributed by atoms with E-state index in [1.165, 1.54) is 11.5 Å². The molecule has 1 amide bonds. The molecule has 24 heavy (non-hydrogen) atoms. The van der Waals surface area contributed by atoms with Crippen molar-refractivity contribution in [2.45, 2.75) is 6.92 Å². The van der Waals surface area contributed by atoms with Crippen molar-refractivity contribution in [3.05, 3.63) is 23.7 Å². The standard InChI is InChI=1S/C14H19N7O2S/c1-10-16-14(24-19-10)21-7-5-20(6-8-21)12-3-2-11(17-18-12)13(23)15-4-9-22/h2-3,22H,4-9H2,1H3,(H,15,23). The molecule has 0 unspecified atom stereocenters. The summed E-state index contributed by atoms with van der Waals surface area (Å²) < 4.78 is 4.22. The maximum atomic E-state index is 11.7. The molecule has 1 aliphatic rings. The Morgan fingerprint density at radius 1 is 1.25 bits per heavy atom. The van der Waals surface area contributed by atoms with Crippen LogP contribution in [0.5, 0.6) is 0 Å². The topological polar surface area (TPSA) is 107 Å². The molecule has 0 radical (unpaired) electrons. The SMILES string of the molecule is Cc1nsc(N2CCN(c3ccc(C(=O)NCCO)nn3)CC2)n1. The number of carbonyl (C=O) groups excluding carboxylic acids is 1. The zero-order valence-electron chi connectivity index (χ0n) is 13.3. The molecule has 3 rings (SSSR count). The first-order chi connectivity index (χ1) is 11.7. The van der Waals surface area contributed by atoms with Crippen LogP contribution in [-0.2, 0) is 0 Å². The average Bonchev–Trinajstić information content (AvgIpc) is 3.06. The smallest absolute Gasteiger partial charge is 0.271 e. The number of aryl methyl sites for hydroxylation is 1. The lowest BCUT2D eigenvalue weighted by Crippen LogP contribution is -2.47. The summed E-state index contributed by atoms with van der Waals surface area (Å²) in [5.41, 5.74) is 0.246. The first-order valence-corrected chi connectivity index (χ1v) is 8.47. The van der Waals surface area contributed by atoms with Crippen molar-refractivity contribution in [2.24, 2.45) is 0 Å². The zero-order valence-corrected chi connectivity index (χ0v) is 14.2. The quantitative estimate of drug-likeness (QED) is 0.757. The lowest BCUT2D eigenvalue weighted by molar-refractivity contribution is 0.0939. The second-order valence-corrected chi connectivity index (χ2v) is 6.08. The summed E-state index contributed by atoms with van der Waals surface area (Å²) in [5.74, 6) is 1.22. The highest BCUT2D eigenvalue weighted by atomic mass is 32.1. The van der Waals surface area contributed by atoms with E-state index in [2.05, 4.69) is 34.7 Å². The first-order valence-electron chi connectivity index (χ1n) is 7.70. The van der Waals surface area contributed by atoms with Gasteiger partial charge >= 0.3 is 0 Å². The van der Waals surface area contributed by atoms with Crippen molar-refractivity contribution in [1.82, 2.24) is 24.9 Å². The predicted octanol–water partition coefficient (Wildman–Crippen LogP) is -0.315. The number of nitrogens with one attached hydrogen (secondary N) is 1. The van der Waals surface area contributed by atoms with Gasteiger partial charge in [0.25, 0.3) is 5.91 Å². The van der Waals surface area contributed by atoms with E-state index in [1.54, 1.807) is 12.1 Å². The highest BCUT2D eigenvalue weighted by Crippen LogP contribution is 2.20. The summed E-state index contributed by atoms with van der Waals surface area (Å²) in [4.78, 5) is 20.5. The second-order valence-electron chi connectivity index (χ2n) is 5.35. The van der Waals surface area contributed by atoms with Crippen LogP contribution in [0.2, 0.25) is 0 Å². The molecule has 2 N–H and O–H groups in total. The molecule has 10 heteroatoms. The van der Waals surface area contributed by atoms with Gasteiger partial charge in [0.05, 0.1) is 6.61 Å². The molecule has 0 saturated carbocycles. The number of hydrogen-bond donors (Lipinski definition) is 2. The van der Waals surface area contributed by atoms with Crippen LogP contribution < -0.4 is 15.1 Å². The van der Waals surface area contributed by atoms with E-state index in [4.69, 9.17) is 5.11 Å². The molecule has 0 spiro atoms. The Labute approximate surface area is 143 Å². The van der Waals surface area contributed by atoms with Crippen LogP contribution in [0, 0.1) is 6.92 Å². The number of nitrogens with zero attached hydrogens (tertiary/aromatic N) is 6. The van der Waals surface area contributed by atoms with Gasteiger partial charge in [-0.05, 0) is 19.1 Å². The normalized spacial score (nSPS) is 14.8. The molecule has 2 aromatic heterocycles. The largest absolute Gasteiger partial charge is 0.395 e. The van der Waals surface area contributed by atoms with Crippen molar-refractivity contribution in [3.63, 3.8) is 0 Å². The minimum absolute atomic E-state index is 0.102. The van der Waals surface area contributed by atoms with Crippen molar-refractivity contribution < 1.29 is 9.90 Å². The predicted molar refractivity (Wildman–Crippen MR) is 90.5 cm³/mol. The molecule has 3 heterocycles. The molecule has 0 aromatic carbocycles. The van der Waals surface area contributed by atoms with Crippen molar-refractivity contribution >= 4 is 28.4 Å². The monoisotopic (exact) mass is 349 g/mol. The summed E-state index contributed by atoms with van der Waals surface area (Å²) in [5, 5.41) is 20.3. The highest BCUT2D eigenvalue weighted by molar-refractivity contribution is 7.09. The molecule has 1 saturated heterocycles. The average molecular weight is 349 g/mol. The third-order valence-electron chi connectivity index (χ3n) is 3.67. The molecule has 0 aliphatic carbocycles. The fourth-order valence-corrected chi connectivity index (χ4v) is 3.14. The highest BCUT2D eigenvalue weighted by Gasteiger charge is 2.21. The number of aromatic nitrogens is 4. The summed E-state index contributed by atoms with van der Waals surface area (Å²) in [7, 11) is 0. The maximum absolute atomic E-state index is 11.7. The van der Waals surface area contributed by atoms with Gasteiger partial charge in [-0.2, -0.15) is 4.37 Å². The van der Waals surface area contributed by atoms with Crippen LogP contribution >= 0.6 is 11.5 Å². The first kappa shape index (κ1) is 16.5. The Morgan fingerprint density at radius 2 is 2.00 bits per heavy atom. The van der Waals surface area contributed by atoms with Gasteiger partial charge in [0, 0.05) is 44.3 Å². The number of rotatable bonds is 5. The molecule has 0 atom stereocenters. The minimum atomic E-state index is -0.334. The van der Waals surface area contributed by atoms with E-state index in [0.717, 1.165) is 43.0 Å². The van der Waals surface area contributed by atoms with Crippen LogP contribution in [-0.4, -0.2) is 69.9 Å². The zero-order chi connectivity index (χ0) is 16.9. The van der Waals surface area contributed by atoms with Crippen molar-refractivity contribution in [2.75, 3.05) is 49.1 Å². The Balaban J connectivity index is 1.57. The fraction of sp³-hybridized carbons (Fsp3) is 0.500. The molecule has 0 bridgehead atoms. The van der Waals surface area contributed by atoms with E-state index >= 15 is 0 Å². The minimum Gasteiger partial charge on any atom is -0.395 e. The van der Waals surface area contributed by atoms with Gasteiger partial charge in [-0.3, -0.25) is 4.79 Å². The van der Waals surface area contributed by atoms with E-state index < -0.39 is 0 Å². The van der Waals surface area contributed by atoms with Gasteiger partial charge < -0.3 is 20.2 Å². The van der Waals surface area contributed by atoms with Crippen LogP contribution in [0.4, 0.5) is 10.9 Å². The van der Waals surface area contributed by atoms with Gasteiger partial charge in [0.2, 0.25) is 5.13 Å². The molecule has 1 aliphatic heterocycles. The summed E-state index contributed by atoms with van der Waals surface area (Å²) in [6.07, 6.45) is 0. The number of aliphatic hydroxyl groups is 1. The van der Waals surface area contributed by atoms with E-state index in [-0.39, 0.29) is 24.8 Å². The molecule has 2 aromatic rings. The third kappa shape index (κ3) is 3.77. The van der Waals surface area contributed by atoms with E-state index in [1.807, 2.05) is 6.92 Å². The Bertz CT molecular complexity index is 683. The summed E-state index contributed by atoms with van der Waals surface area (Å²) in [6.45, 7) is 5.30. The van der Waals surface area contributed by atoms with Gasteiger partial charge in [-0.1, -0.05) is 0 Å².